The van der Waals surface area contributed by atoms with Crippen LogP contribution in [0.3, 0.4) is 0 Å². The molecule has 0 spiro atoms. The number of hydrogen-bond donors (Lipinski definition) is 2. The van der Waals surface area contributed by atoms with E-state index in [1.807, 2.05) is 0 Å². The highest BCUT2D eigenvalue weighted by atomic mass is 32.2. The zero-order chi connectivity index (χ0) is 15.3. The summed E-state index contributed by atoms with van der Waals surface area (Å²) in [6.45, 7) is 1.83. The number of sulfone groups is 1. The van der Waals surface area contributed by atoms with Crippen molar-refractivity contribution < 1.29 is 8.42 Å². The first kappa shape index (κ1) is 15.1. The minimum atomic E-state index is -3.04. The van der Waals surface area contributed by atoms with Gasteiger partial charge in [-0.05, 0) is 0 Å². The molecule has 2 aromatic rings. The summed E-state index contributed by atoms with van der Waals surface area (Å²) >= 11 is 0. The number of rotatable bonds is 7. The van der Waals surface area contributed by atoms with Crippen LogP contribution in [0.1, 0.15) is 6.92 Å². The maximum atomic E-state index is 11.4. The second-order valence-electron chi connectivity index (χ2n) is 4.04. The van der Waals surface area contributed by atoms with E-state index in [-0.39, 0.29) is 29.9 Å². The normalized spacial score (nSPS) is 11.3. The zero-order valence-corrected chi connectivity index (χ0v) is 12.5. The molecule has 0 saturated carbocycles. The predicted octanol–water partition coefficient (Wildman–Crippen LogP) is -0.659. The molecule has 0 aliphatic carbocycles. The number of hydrogen-bond acceptors (Lipinski definition) is 9. The van der Waals surface area contributed by atoms with Gasteiger partial charge in [-0.2, -0.15) is 24.7 Å². The lowest BCUT2D eigenvalue weighted by Gasteiger charge is -2.08. The SMILES string of the molecule is CCS(=O)(=O)CCNc1nc(NC)nc(-n2cncn2)n1. The second-order valence-corrected chi connectivity index (χ2v) is 6.51. The van der Waals surface area contributed by atoms with Crippen molar-refractivity contribution in [1.82, 2.24) is 29.7 Å². The Morgan fingerprint density at radius 1 is 1.24 bits per heavy atom. The highest BCUT2D eigenvalue weighted by Crippen LogP contribution is 2.07. The predicted molar refractivity (Wildman–Crippen MR) is 77.1 cm³/mol. The summed E-state index contributed by atoms with van der Waals surface area (Å²) in [5.74, 6) is 1.02. The second kappa shape index (κ2) is 6.43. The summed E-state index contributed by atoms with van der Waals surface area (Å²) in [5.41, 5.74) is 0. The Balaban J connectivity index is 2.14. The van der Waals surface area contributed by atoms with Gasteiger partial charge in [-0.3, -0.25) is 0 Å². The first-order valence-electron chi connectivity index (χ1n) is 6.27. The molecule has 0 unspecified atom stereocenters. The van der Waals surface area contributed by atoms with E-state index in [0.29, 0.717) is 5.95 Å². The summed E-state index contributed by atoms with van der Waals surface area (Å²) in [7, 11) is -1.36. The molecule has 0 radical (unpaired) electrons. The number of aromatic nitrogens is 6. The van der Waals surface area contributed by atoms with Crippen molar-refractivity contribution in [3.05, 3.63) is 12.7 Å². The van der Waals surface area contributed by atoms with Crippen LogP contribution in [0, 0.1) is 0 Å². The maximum absolute atomic E-state index is 11.4. The van der Waals surface area contributed by atoms with E-state index in [1.165, 1.54) is 17.3 Å². The number of nitrogens with zero attached hydrogens (tertiary/aromatic N) is 6. The van der Waals surface area contributed by atoms with Crippen LogP contribution in [-0.2, 0) is 9.84 Å². The van der Waals surface area contributed by atoms with Crippen LogP contribution in [-0.4, -0.2) is 63.2 Å². The molecule has 11 heteroatoms. The summed E-state index contributed by atoms with van der Waals surface area (Å²) in [6.07, 6.45) is 2.82. The molecule has 0 aromatic carbocycles. The Morgan fingerprint density at radius 3 is 2.62 bits per heavy atom. The third-order valence-electron chi connectivity index (χ3n) is 2.61. The molecule has 0 atom stereocenters. The van der Waals surface area contributed by atoms with Crippen LogP contribution < -0.4 is 10.6 Å². The molecule has 21 heavy (non-hydrogen) atoms. The monoisotopic (exact) mass is 312 g/mol. The first-order chi connectivity index (χ1) is 10.0. The van der Waals surface area contributed by atoms with Crippen molar-refractivity contribution in [2.24, 2.45) is 0 Å². The Hall–Kier alpha value is -2.30. The van der Waals surface area contributed by atoms with Gasteiger partial charge in [-0.1, -0.05) is 6.92 Å². The van der Waals surface area contributed by atoms with Crippen LogP contribution in [0.4, 0.5) is 11.9 Å². The fraction of sp³-hybridized carbons (Fsp3) is 0.500. The topological polar surface area (TPSA) is 128 Å². The Morgan fingerprint density at radius 2 is 2.00 bits per heavy atom. The van der Waals surface area contributed by atoms with Crippen molar-refractivity contribution in [3.8, 4) is 5.95 Å². The van der Waals surface area contributed by atoms with Crippen molar-refractivity contribution in [3.63, 3.8) is 0 Å². The standard InChI is InChI=1S/C10H16N8O2S/c1-3-21(19,20)5-4-13-9-15-8(11-2)16-10(17-9)18-7-12-6-14-18/h6-7H,3-5H2,1-2H3,(H2,11,13,15,16,17). The molecule has 0 amide bonds. The van der Waals surface area contributed by atoms with E-state index >= 15 is 0 Å². The molecular formula is C10H16N8O2S. The van der Waals surface area contributed by atoms with Crippen LogP contribution in [0.5, 0.6) is 0 Å². The van der Waals surface area contributed by atoms with E-state index in [1.54, 1.807) is 14.0 Å². The van der Waals surface area contributed by atoms with E-state index in [2.05, 4.69) is 35.7 Å². The summed E-state index contributed by atoms with van der Waals surface area (Å²) in [4.78, 5) is 16.2. The van der Waals surface area contributed by atoms with Gasteiger partial charge in [0.2, 0.25) is 11.9 Å². The smallest absolute Gasteiger partial charge is 0.258 e. The third kappa shape index (κ3) is 4.08. The molecule has 10 nitrogen and oxygen atoms in total. The van der Waals surface area contributed by atoms with Gasteiger partial charge in [-0.25, -0.2) is 13.4 Å². The highest BCUT2D eigenvalue weighted by Gasteiger charge is 2.10. The Labute approximate surface area is 122 Å². The largest absolute Gasteiger partial charge is 0.357 e. The molecule has 2 heterocycles. The summed E-state index contributed by atoms with van der Waals surface area (Å²) < 4.78 is 24.3. The lowest BCUT2D eigenvalue weighted by molar-refractivity contribution is 0.597. The van der Waals surface area contributed by atoms with Crippen LogP contribution in [0.2, 0.25) is 0 Å². The van der Waals surface area contributed by atoms with Crippen LogP contribution >= 0.6 is 0 Å². The highest BCUT2D eigenvalue weighted by molar-refractivity contribution is 7.91. The van der Waals surface area contributed by atoms with Gasteiger partial charge in [0.15, 0.2) is 9.84 Å². The van der Waals surface area contributed by atoms with Crippen LogP contribution in [0.25, 0.3) is 5.95 Å². The molecule has 0 saturated heterocycles. The van der Waals surface area contributed by atoms with Gasteiger partial charge in [0.05, 0.1) is 5.75 Å². The van der Waals surface area contributed by atoms with Gasteiger partial charge < -0.3 is 10.6 Å². The van der Waals surface area contributed by atoms with Gasteiger partial charge >= 0.3 is 0 Å². The molecule has 2 aromatic heterocycles. The van der Waals surface area contributed by atoms with E-state index in [0.717, 1.165) is 0 Å². The van der Waals surface area contributed by atoms with E-state index in [9.17, 15) is 8.42 Å². The summed E-state index contributed by atoms with van der Waals surface area (Å²) in [5, 5.41) is 9.61. The molecule has 0 aliphatic heterocycles. The fourth-order valence-electron chi connectivity index (χ4n) is 1.43. The van der Waals surface area contributed by atoms with Gasteiger partial charge in [0, 0.05) is 19.3 Å². The van der Waals surface area contributed by atoms with Crippen molar-refractivity contribution in [1.29, 1.82) is 0 Å². The summed E-state index contributed by atoms with van der Waals surface area (Å²) in [6, 6.07) is 0. The Bertz CT molecular complexity index is 685. The average molecular weight is 312 g/mol. The van der Waals surface area contributed by atoms with E-state index in [4.69, 9.17) is 0 Å². The first-order valence-corrected chi connectivity index (χ1v) is 8.09. The molecule has 0 aliphatic rings. The number of nitrogens with one attached hydrogen (secondary N) is 2. The molecule has 2 N–H and O–H groups in total. The lowest BCUT2D eigenvalue weighted by Crippen LogP contribution is -2.19. The molecule has 2 rings (SSSR count). The quantitative estimate of drug-likeness (QED) is 0.684. The van der Waals surface area contributed by atoms with Gasteiger partial charge in [0.25, 0.3) is 5.95 Å². The number of anilines is 2. The minimum Gasteiger partial charge on any atom is -0.357 e. The molecular weight excluding hydrogens is 296 g/mol. The lowest BCUT2D eigenvalue weighted by atomic mass is 10.7. The molecule has 0 bridgehead atoms. The van der Waals surface area contributed by atoms with Crippen LogP contribution in [0.15, 0.2) is 12.7 Å². The maximum Gasteiger partial charge on any atom is 0.258 e. The van der Waals surface area contributed by atoms with Crippen molar-refractivity contribution in [2.75, 3.05) is 35.7 Å². The van der Waals surface area contributed by atoms with Gasteiger partial charge in [-0.15, -0.1) is 0 Å². The van der Waals surface area contributed by atoms with Crippen molar-refractivity contribution in [2.45, 2.75) is 6.92 Å². The zero-order valence-electron chi connectivity index (χ0n) is 11.7. The molecule has 0 fully saturated rings. The fourth-order valence-corrected chi connectivity index (χ4v) is 2.13. The third-order valence-corrected chi connectivity index (χ3v) is 4.31. The van der Waals surface area contributed by atoms with Gasteiger partial charge in [0.1, 0.15) is 12.7 Å². The minimum absolute atomic E-state index is 0.0166. The van der Waals surface area contributed by atoms with E-state index < -0.39 is 9.84 Å². The molecule has 114 valence electrons. The van der Waals surface area contributed by atoms with Crippen molar-refractivity contribution >= 4 is 21.7 Å². The average Bonchev–Trinajstić information content (AvgIpc) is 3.01. The Kier molecular flexibility index (Phi) is 4.62.